The molecule has 0 saturated heterocycles. The van der Waals surface area contributed by atoms with E-state index in [0.29, 0.717) is 0 Å². The number of aliphatic hydroxyl groups is 1. The van der Waals surface area contributed by atoms with Crippen molar-refractivity contribution in [2.45, 2.75) is 15.8 Å². The molecule has 14 heavy (non-hydrogen) atoms. The van der Waals surface area contributed by atoms with E-state index in [1.165, 1.54) is 23.9 Å². The quantitative estimate of drug-likeness (QED) is 0.660. The summed E-state index contributed by atoms with van der Waals surface area (Å²) >= 11 is 12.3. The third-order valence-electron chi connectivity index (χ3n) is 1.76. The van der Waals surface area contributed by atoms with Gasteiger partial charge in [-0.3, -0.25) is 0 Å². The van der Waals surface area contributed by atoms with Gasteiger partial charge in [-0.2, -0.15) is 0 Å². The van der Waals surface area contributed by atoms with Crippen LogP contribution in [0.4, 0.5) is 4.39 Å². The number of rotatable bonds is 3. The molecule has 0 aliphatic rings. The summed E-state index contributed by atoms with van der Waals surface area (Å²) in [4.78, 5) is -0.233. The maximum absolute atomic E-state index is 13.4. The summed E-state index contributed by atoms with van der Waals surface area (Å²) in [5.74, 6) is -0.490. The van der Waals surface area contributed by atoms with Crippen molar-refractivity contribution < 1.29 is 9.50 Å². The van der Waals surface area contributed by atoms with Crippen LogP contribution in [0.5, 0.6) is 0 Å². The van der Waals surface area contributed by atoms with Gasteiger partial charge in [0.2, 0.25) is 0 Å². The Morgan fingerprint density at radius 1 is 1.43 bits per heavy atom. The van der Waals surface area contributed by atoms with Crippen LogP contribution >= 0.6 is 35.0 Å². The minimum atomic E-state index is -1.19. The topological polar surface area (TPSA) is 20.2 Å². The number of aliphatic hydroxyl groups excluding tert-OH is 1. The van der Waals surface area contributed by atoms with Crippen molar-refractivity contribution >= 4 is 35.0 Å². The van der Waals surface area contributed by atoms with Crippen LogP contribution in [-0.2, 0) is 0 Å². The van der Waals surface area contributed by atoms with Crippen molar-refractivity contribution in [3.63, 3.8) is 0 Å². The molecular weight excluding hydrogens is 246 g/mol. The van der Waals surface area contributed by atoms with Gasteiger partial charge in [0.1, 0.15) is 16.8 Å². The highest BCUT2D eigenvalue weighted by atomic mass is 35.5. The Bertz CT molecular complexity index is 320. The molecule has 0 bridgehead atoms. The minimum absolute atomic E-state index is 0.123. The van der Waals surface area contributed by atoms with E-state index in [2.05, 4.69) is 0 Å². The van der Waals surface area contributed by atoms with Crippen molar-refractivity contribution in [1.29, 1.82) is 0 Å². The molecule has 0 heterocycles. The maximum Gasteiger partial charge on any atom is 0.137 e. The summed E-state index contributed by atoms with van der Waals surface area (Å²) in [6.45, 7) is 0. The molecule has 1 N–H and O–H groups in total. The largest absolute Gasteiger partial charge is 0.385 e. The number of halogens is 3. The number of hydrogen-bond donors (Lipinski definition) is 1. The monoisotopic (exact) mass is 254 g/mol. The Hall–Kier alpha value is 0.0400. The fraction of sp³-hybridized carbons (Fsp3) is 0.333. The lowest BCUT2D eigenvalue weighted by Gasteiger charge is -2.12. The molecule has 78 valence electrons. The van der Waals surface area contributed by atoms with Crippen LogP contribution in [0.3, 0.4) is 0 Å². The molecule has 0 aliphatic heterocycles. The third kappa shape index (κ3) is 2.76. The predicted molar refractivity (Wildman–Crippen MR) is 58.6 cm³/mol. The minimum Gasteiger partial charge on any atom is -0.385 e. The summed E-state index contributed by atoms with van der Waals surface area (Å²) in [7, 11) is 0. The first-order valence-electron chi connectivity index (χ1n) is 3.86. The van der Waals surface area contributed by atoms with Crippen LogP contribution < -0.4 is 0 Å². The van der Waals surface area contributed by atoms with E-state index in [1.54, 1.807) is 6.07 Å². The second-order valence-corrected chi connectivity index (χ2v) is 4.71. The van der Waals surface area contributed by atoms with Gasteiger partial charge < -0.3 is 5.11 Å². The lowest BCUT2D eigenvalue weighted by atomic mass is 10.1. The van der Waals surface area contributed by atoms with Crippen LogP contribution in [0.2, 0.25) is 0 Å². The van der Waals surface area contributed by atoms with Gasteiger partial charge in [-0.1, -0.05) is 6.07 Å². The molecule has 0 amide bonds. The molecule has 0 fully saturated rings. The van der Waals surface area contributed by atoms with E-state index in [9.17, 15) is 9.50 Å². The summed E-state index contributed by atoms with van der Waals surface area (Å²) in [6, 6.07) is 4.55. The number of thioether (sulfide) groups is 1. The van der Waals surface area contributed by atoms with E-state index in [1.807, 2.05) is 6.26 Å². The Morgan fingerprint density at radius 3 is 2.50 bits per heavy atom. The Labute approximate surface area is 96.2 Å². The Morgan fingerprint density at radius 2 is 2.07 bits per heavy atom. The highest BCUT2D eigenvalue weighted by Crippen LogP contribution is 2.28. The lowest BCUT2D eigenvalue weighted by molar-refractivity contribution is 0.187. The average molecular weight is 255 g/mol. The number of alkyl halides is 2. The van der Waals surface area contributed by atoms with Crippen LogP contribution in [0, 0.1) is 5.82 Å². The van der Waals surface area contributed by atoms with Crippen LogP contribution in [-0.4, -0.2) is 16.2 Å². The Kier molecular flexibility index (Phi) is 4.51. The first-order valence-corrected chi connectivity index (χ1v) is 5.95. The van der Waals surface area contributed by atoms with Gasteiger partial charge in [0.15, 0.2) is 0 Å². The molecule has 1 nitrogen and oxygen atoms in total. The molecule has 1 unspecified atom stereocenters. The normalized spacial score (nSPS) is 13.3. The molecule has 0 spiro atoms. The highest BCUT2D eigenvalue weighted by molar-refractivity contribution is 7.98. The summed E-state index contributed by atoms with van der Waals surface area (Å²) in [5.41, 5.74) is 0.123. The molecule has 1 rings (SSSR count). The zero-order valence-electron chi connectivity index (χ0n) is 7.38. The van der Waals surface area contributed by atoms with Gasteiger partial charge in [-0.05, 0) is 18.4 Å². The van der Waals surface area contributed by atoms with Crippen molar-refractivity contribution in [1.82, 2.24) is 0 Å². The highest BCUT2D eigenvalue weighted by Gasteiger charge is 2.19. The fourth-order valence-electron chi connectivity index (χ4n) is 1.01. The molecule has 0 radical (unpaired) electrons. The van der Waals surface area contributed by atoms with Crippen LogP contribution in [0.15, 0.2) is 23.1 Å². The first-order chi connectivity index (χ1) is 6.56. The molecule has 0 aromatic heterocycles. The van der Waals surface area contributed by atoms with Gasteiger partial charge in [-0.15, -0.1) is 35.0 Å². The zero-order valence-corrected chi connectivity index (χ0v) is 9.70. The van der Waals surface area contributed by atoms with Crippen LogP contribution in [0.25, 0.3) is 0 Å². The van der Waals surface area contributed by atoms with E-state index in [0.717, 1.165) is 4.90 Å². The molecule has 1 atom stereocenters. The van der Waals surface area contributed by atoms with Gasteiger partial charge in [0.05, 0.1) is 0 Å². The molecule has 0 saturated carbocycles. The van der Waals surface area contributed by atoms with E-state index < -0.39 is 16.8 Å². The van der Waals surface area contributed by atoms with E-state index in [-0.39, 0.29) is 5.56 Å². The maximum atomic E-state index is 13.4. The molecule has 1 aromatic carbocycles. The SMILES string of the molecule is CSc1ccc(C(O)C(Cl)Cl)c(F)c1. The molecular formula is C9H9Cl2FOS. The Balaban J connectivity index is 2.99. The van der Waals surface area contributed by atoms with E-state index >= 15 is 0 Å². The van der Waals surface area contributed by atoms with Crippen molar-refractivity contribution in [3.8, 4) is 0 Å². The van der Waals surface area contributed by atoms with Crippen LogP contribution in [0.1, 0.15) is 11.7 Å². The van der Waals surface area contributed by atoms with Crippen molar-refractivity contribution in [3.05, 3.63) is 29.6 Å². The summed E-state index contributed by atoms with van der Waals surface area (Å²) < 4.78 is 13.4. The zero-order chi connectivity index (χ0) is 10.7. The van der Waals surface area contributed by atoms with Gasteiger partial charge in [0, 0.05) is 10.5 Å². The number of benzene rings is 1. The molecule has 1 aromatic rings. The molecule has 0 aliphatic carbocycles. The van der Waals surface area contributed by atoms with Gasteiger partial charge in [0.25, 0.3) is 0 Å². The third-order valence-corrected chi connectivity index (χ3v) is 2.97. The number of hydrogen-bond acceptors (Lipinski definition) is 2. The lowest BCUT2D eigenvalue weighted by Crippen LogP contribution is -2.08. The van der Waals surface area contributed by atoms with Crippen molar-refractivity contribution in [2.75, 3.05) is 6.26 Å². The summed E-state index contributed by atoms with van der Waals surface area (Å²) in [5, 5.41) is 9.43. The average Bonchev–Trinajstić information content (AvgIpc) is 2.16. The predicted octanol–water partition coefficient (Wildman–Crippen LogP) is 3.38. The fourth-order valence-corrected chi connectivity index (χ4v) is 1.71. The second kappa shape index (κ2) is 5.21. The van der Waals surface area contributed by atoms with Crippen molar-refractivity contribution in [2.24, 2.45) is 0 Å². The second-order valence-electron chi connectivity index (χ2n) is 2.67. The van der Waals surface area contributed by atoms with Gasteiger partial charge >= 0.3 is 0 Å². The molecule has 5 heteroatoms. The summed E-state index contributed by atoms with van der Waals surface area (Å²) in [6.07, 6.45) is 0.658. The smallest absolute Gasteiger partial charge is 0.137 e. The van der Waals surface area contributed by atoms with Gasteiger partial charge in [-0.25, -0.2) is 4.39 Å². The van der Waals surface area contributed by atoms with E-state index in [4.69, 9.17) is 23.2 Å². The first kappa shape index (κ1) is 12.1. The standard InChI is InChI=1S/C9H9Cl2FOS/c1-14-5-2-3-6(7(12)4-5)8(13)9(10)11/h2-4,8-9,13H,1H3.